The predicted molar refractivity (Wildman–Crippen MR) is 65.9 cm³/mol. The molecule has 1 aromatic carbocycles. The lowest BCUT2D eigenvalue weighted by Gasteiger charge is -2.21. The first-order valence-electron chi connectivity index (χ1n) is 6.17. The molecule has 3 nitrogen and oxygen atoms in total. The van der Waals surface area contributed by atoms with Crippen molar-refractivity contribution in [3.05, 3.63) is 29.8 Å². The van der Waals surface area contributed by atoms with E-state index in [2.05, 4.69) is 10.1 Å². The van der Waals surface area contributed by atoms with Crippen molar-refractivity contribution in [1.29, 1.82) is 0 Å². The molecule has 0 aliphatic heterocycles. The molecule has 0 bridgehead atoms. The van der Waals surface area contributed by atoms with Crippen molar-refractivity contribution < 1.29 is 23.0 Å². The van der Waals surface area contributed by atoms with Gasteiger partial charge in [-0.2, -0.15) is 0 Å². The maximum atomic E-state index is 12.3. The Morgan fingerprint density at radius 3 is 2.58 bits per heavy atom. The molecule has 6 heteroatoms. The average molecular weight is 277 g/mol. The van der Waals surface area contributed by atoms with Crippen LogP contribution in [-0.2, 0) is 0 Å². The Morgan fingerprint density at radius 1 is 1.32 bits per heavy atom. The quantitative estimate of drug-likeness (QED) is 0.805. The smallest absolute Gasteiger partial charge is 0.405 e. The number of rotatable bonds is 7. The molecule has 0 heterocycles. The van der Waals surface area contributed by atoms with Crippen molar-refractivity contribution in [2.45, 2.75) is 32.2 Å². The van der Waals surface area contributed by atoms with Crippen molar-refractivity contribution in [2.24, 2.45) is 0 Å². The molecule has 0 saturated heterocycles. The standard InChI is InChI=1S/C13H18F3NO2/c1-2-8-17-11(7-9-18)10-5-3-4-6-12(10)19-13(14,15)16/h3-6,11,17-18H,2,7-9H2,1H3. The van der Waals surface area contributed by atoms with Gasteiger partial charge in [0, 0.05) is 18.2 Å². The van der Waals surface area contributed by atoms with Gasteiger partial charge in [-0.3, -0.25) is 0 Å². The second-order valence-corrected chi connectivity index (χ2v) is 4.10. The van der Waals surface area contributed by atoms with Crippen LogP contribution in [0.1, 0.15) is 31.4 Å². The zero-order valence-corrected chi connectivity index (χ0v) is 10.7. The maximum absolute atomic E-state index is 12.3. The molecule has 0 radical (unpaired) electrons. The summed E-state index contributed by atoms with van der Waals surface area (Å²) in [4.78, 5) is 0. The van der Waals surface area contributed by atoms with Gasteiger partial charge < -0.3 is 15.2 Å². The van der Waals surface area contributed by atoms with E-state index in [9.17, 15) is 13.2 Å². The lowest BCUT2D eigenvalue weighted by molar-refractivity contribution is -0.275. The van der Waals surface area contributed by atoms with Crippen LogP contribution in [0, 0.1) is 0 Å². The van der Waals surface area contributed by atoms with Crippen LogP contribution in [0.25, 0.3) is 0 Å². The van der Waals surface area contributed by atoms with Gasteiger partial charge >= 0.3 is 6.36 Å². The summed E-state index contributed by atoms with van der Waals surface area (Å²) in [7, 11) is 0. The van der Waals surface area contributed by atoms with E-state index in [4.69, 9.17) is 5.11 Å². The fourth-order valence-corrected chi connectivity index (χ4v) is 1.80. The molecule has 0 fully saturated rings. The van der Waals surface area contributed by atoms with Crippen LogP contribution in [0.5, 0.6) is 5.75 Å². The summed E-state index contributed by atoms with van der Waals surface area (Å²) < 4.78 is 41.0. The highest BCUT2D eigenvalue weighted by molar-refractivity contribution is 5.36. The van der Waals surface area contributed by atoms with E-state index in [1.165, 1.54) is 12.1 Å². The van der Waals surface area contributed by atoms with Crippen LogP contribution < -0.4 is 10.1 Å². The Morgan fingerprint density at radius 2 is 2.00 bits per heavy atom. The molecular formula is C13H18F3NO2. The third-order valence-corrected chi connectivity index (χ3v) is 2.58. The molecule has 0 aliphatic carbocycles. The summed E-state index contributed by atoms with van der Waals surface area (Å²) in [5.41, 5.74) is 0.405. The van der Waals surface area contributed by atoms with Crippen LogP contribution in [-0.4, -0.2) is 24.6 Å². The normalized spacial score (nSPS) is 13.3. The van der Waals surface area contributed by atoms with Crippen LogP contribution in [0.4, 0.5) is 13.2 Å². The highest BCUT2D eigenvalue weighted by Crippen LogP contribution is 2.31. The lowest BCUT2D eigenvalue weighted by Crippen LogP contribution is -2.25. The second kappa shape index (κ2) is 7.35. The third kappa shape index (κ3) is 5.48. The Labute approximate surface area is 110 Å². The molecule has 0 saturated carbocycles. The first-order chi connectivity index (χ1) is 8.98. The highest BCUT2D eigenvalue weighted by Gasteiger charge is 2.32. The van der Waals surface area contributed by atoms with E-state index >= 15 is 0 Å². The number of aliphatic hydroxyl groups excluding tert-OH is 1. The van der Waals surface area contributed by atoms with Gasteiger partial charge in [0.15, 0.2) is 0 Å². The largest absolute Gasteiger partial charge is 0.573 e. The SMILES string of the molecule is CCCNC(CCO)c1ccccc1OC(F)(F)F. The second-order valence-electron chi connectivity index (χ2n) is 4.10. The maximum Gasteiger partial charge on any atom is 0.573 e. The lowest BCUT2D eigenvalue weighted by atomic mass is 10.0. The summed E-state index contributed by atoms with van der Waals surface area (Å²) in [6.07, 6.45) is -3.53. The van der Waals surface area contributed by atoms with Gasteiger partial charge in [0.1, 0.15) is 5.75 Å². The Hall–Kier alpha value is -1.27. The number of ether oxygens (including phenoxy) is 1. The minimum absolute atomic E-state index is 0.109. The number of nitrogens with one attached hydrogen (secondary N) is 1. The Bertz CT molecular complexity index is 382. The van der Waals surface area contributed by atoms with Gasteiger partial charge in [-0.05, 0) is 25.5 Å². The first kappa shape index (κ1) is 15.8. The minimum atomic E-state index is -4.72. The number of para-hydroxylation sites is 1. The molecule has 1 rings (SSSR count). The first-order valence-corrected chi connectivity index (χ1v) is 6.17. The molecular weight excluding hydrogens is 259 g/mol. The molecule has 0 spiro atoms. The van der Waals surface area contributed by atoms with E-state index in [1.807, 2.05) is 6.92 Å². The molecule has 1 atom stereocenters. The van der Waals surface area contributed by atoms with Gasteiger partial charge in [0.2, 0.25) is 0 Å². The van der Waals surface area contributed by atoms with Crippen LogP contribution in [0.15, 0.2) is 24.3 Å². The molecule has 1 unspecified atom stereocenters. The van der Waals surface area contributed by atoms with Crippen molar-refractivity contribution in [3.63, 3.8) is 0 Å². The van der Waals surface area contributed by atoms with E-state index in [1.54, 1.807) is 12.1 Å². The van der Waals surface area contributed by atoms with E-state index in [-0.39, 0.29) is 18.4 Å². The molecule has 0 aromatic heterocycles. The predicted octanol–water partition coefficient (Wildman–Crippen LogP) is 3.01. The van der Waals surface area contributed by atoms with E-state index in [0.717, 1.165) is 6.42 Å². The number of alkyl halides is 3. The summed E-state index contributed by atoms with van der Waals surface area (Å²) >= 11 is 0. The highest BCUT2D eigenvalue weighted by atomic mass is 19.4. The molecule has 108 valence electrons. The summed E-state index contributed by atoms with van der Waals surface area (Å²) in [5, 5.41) is 12.1. The average Bonchev–Trinajstić information content (AvgIpc) is 2.33. The summed E-state index contributed by atoms with van der Waals surface area (Å²) in [6.45, 7) is 2.51. The van der Waals surface area contributed by atoms with Gasteiger partial charge in [-0.25, -0.2) is 0 Å². The number of hydrogen-bond donors (Lipinski definition) is 2. The topological polar surface area (TPSA) is 41.5 Å². The van der Waals surface area contributed by atoms with Crippen molar-refractivity contribution >= 4 is 0 Å². The fourth-order valence-electron chi connectivity index (χ4n) is 1.80. The minimum Gasteiger partial charge on any atom is -0.405 e. The number of halogens is 3. The van der Waals surface area contributed by atoms with Gasteiger partial charge in [-0.1, -0.05) is 25.1 Å². The van der Waals surface area contributed by atoms with Crippen LogP contribution >= 0.6 is 0 Å². The summed E-state index contributed by atoms with van der Waals surface area (Å²) in [6, 6.07) is 5.63. The number of hydrogen-bond acceptors (Lipinski definition) is 3. The molecule has 19 heavy (non-hydrogen) atoms. The zero-order chi connectivity index (χ0) is 14.3. The Balaban J connectivity index is 2.94. The van der Waals surface area contributed by atoms with Gasteiger partial charge in [0.05, 0.1) is 0 Å². The van der Waals surface area contributed by atoms with Crippen LogP contribution in [0.3, 0.4) is 0 Å². The summed E-state index contributed by atoms with van der Waals surface area (Å²) in [5.74, 6) is -0.225. The zero-order valence-electron chi connectivity index (χ0n) is 10.7. The van der Waals surface area contributed by atoms with Crippen molar-refractivity contribution in [1.82, 2.24) is 5.32 Å². The Kier molecular flexibility index (Phi) is 6.11. The monoisotopic (exact) mass is 277 g/mol. The molecule has 1 aromatic rings. The van der Waals surface area contributed by atoms with E-state index in [0.29, 0.717) is 18.5 Å². The van der Waals surface area contributed by atoms with Gasteiger partial charge in [0.25, 0.3) is 0 Å². The van der Waals surface area contributed by atoms with E-state index < -0.39 is 6.36 Å². The van der Waals surface area contributed by atoms with Gasteiger partial charge in [-0.15, -0.1) is 13.2 Å². The van der Waals surface area contributed by atoms with Crippen LogP contribution in [0.2, 0.25) is 0 Å². The van der Waals surface area contributed by atoms with Crippen molar-refractivity contribution in [2.75, 3.05) is 13.2 Å². The fraction of sp³-hybridized carbons (Fsp3) is 0.538. The number of aliphatic hydroxyl groups is 1. The third-order valence-electron chi connectivity index (χ3n) is 2.58. The van der Waals surface area contributed by atoms with Crippen molar-refractivity contribution in [3.8, 4) is 5.75 Å². The molecule has 0 amide bonds. The molecule has 0 aliphatic rings. The number of benzene rings is 1. The molecule has 2 N–H and O–H groups in total.